The molecule has 1 aromatic rings. The number of para-hydroxylation sites is 1. The van der Waals surface area contributed by atoms with Crippen LogP contribution < -0.4 is 4.90 Å². The lowest BCUT2D eigenvalue weighted by atomic mass is 9.78. The molecule has 1 spiro atoms. The monoisotopic (exact) mass is 573 g/mol. The molecule has 5 nitrogen and oxygen atoms in total. The summed E-state index contributed by atoms with van der Waals surface area (Å²) in [6, 6.07) is 5.67. The Labute approximate surface area is 221 Å². The van der Waals surface area contributed by atoms with Gasteiger partial charge in [-0.1, -0.05) is 23.7 Å². The predicted octanol–water partition coefficient (Wildman–Crippen LogP) is 6.59. The third kappa shape index (κ3) is 6.60. The highest BCUT2D eigenvalue weighted by molar-refractivity contribution is 6.33. The van der Waals surface area contributed by atoms with Crippen molar-refractivity contribution in [1.82, 2.24) is 9.80 Å². The zero-order chi connectivity index (χ0) is 27.9. The van der Waals surface area contributed by atoms with Crippen molar-refractivity contribution in [3.8, 4) is 0 Å². The lowest BCUT2D eigenvalue weighted by molar-refractivity contribution is -0.308. The molecule has 0 aromatic heterocycles. The van der Waals surface area contributed by atoms with Gasteiger partial charge in [0.2, 0.25) is 0 Å². The standard InChI is InChI=1S/C25H31ClF7N3O2/c1-22(27)5-11-35(12-6-22)19-17(3-2-4-18(19)26)15-34-10-7-23(16-34)8-13-36(14-9-23)21(37)38-20(24(28,29)30)25(31,32)33/h2-4,20H,5-16H2,1H3. The van der Waals surface area contributed by atoms with Gasteiger partial charge in [-0.15, -0.1) is 0 Å². The van der Waals surface area contributed by atoms with Crippen molar-refractivity contribution in [3.05, 3.63) is 28.8 Å². The first-order chi connectivity index (χ1) is 17.6. The fourth-order valence-electron chi connectivity index (χ4n) is 5.71. The van der Waals surface area contributed by atoms with Gasteiger partial charge in [0.25, 0.3) is 6.10 Å². The van der Waals surface area contributed by atoms with Crippen LogP contribution in [0.3, 0.4) is 0 Å². The number of likely N-dealkylation sites (tertiary alicyclic amines) is 2. The van der Waals surface area contributed by atoms with Gasteiger partial charge in [-0.25, -0.2) is 9.18 Å². The minimum Gasteiger partial charge on any atom is -0.426 e. The van der Waals surface area contributed by atoms with Crippen LogP contribution in [0.4, 0.5) is 41.2 Å². The van der Waals surface area contributed by atoms with Gasteiger partial charge in [0.1, 0.15) is 5.67 Å². The van der Waals surface area contributed by atoms with Gasteiger partial charge in [0.05, 0.1) is 10.7 Å². The zero-order valence-electron chi connectivity index (χ0n) is 21.0. The highest BCUT2D eigenvalue weighted by atomic mass is 35.5. The van der Waals surface area contributed by atoms with Crippen molar-refractivity contribution in [3.63, 3.8) is 0 Å². The van der Waals surface area contributed by atoms with E-state index in [2.05, 4.69) is 14.5 Å². The number of amides is 1. The van der Waals surface area contributed by atoms with Gasteiger partial charge in [-0.3, -0.25) is 4.90 Å². The number of carbonyl (C=O) groups is 1. The van der Waals surface area contributed by atoms with E-state index in [1.54, 1.807) is 6.92 Å². The molecule has 1 aromatic carbocycles. The van der Waals surface area contributed by atoms with E-state index in [4.69, 9.17) is 11.6 Å². The summed E-state index contributed by atoms with van der Waals surface area (Å²) in [6.45, 7) is 4.80. The van der Waals surface area contributed by atoms with E-state index in [1.165, 1.54) is 0 Å². The Morgan fingerprint density at radius 3 is 2.13 bits per heavy atom. The molecule has 0 radical (unpaired) electrons. The average Bonchev–Trinajstić information content (AvgIpc) is 3.19. The minimum atomic E-state index is -5.74. The van der Waals surface area contributed by atoms with Crippen LogP contribution in [-0.2, 0) is 11.3 Å². The van der Waals surface area contributed by atoms with Gasteiger partial charge < -0.3 is 14.5 Å². The van der Waals surface area contributed by atoms with Gasteiger partial charge in [-0.05, 0) is 62.6 Å². The number of halogens is 8. The molecule has 0 N–H and O–H groups in total. The molecule has 0 unspecified atom stereocenters. The molecule has 13 heteroatoms. The molecule has 38 heavy (non-hydrogen) atoms. The summed E-state index contributed by atoms with van der Waals surface area (Å²) in [5, 5.41) is 0.599. The van der Waals surface area contributed by atoms with Crippen molar-refractivity contribution in [2.45, 2.75) is 69.7 Å². The number of alkyl halides is 7. The Kier molecular flexibility index (Phi) is 8.07. The molecule has 214 valence electrons. The van der Waals surface area contributed by atoms with Gasteiger partial charge in [0, 0.05) is 39.3 Å². The molecule has 3 aliphatic rings. The molecule has 0 atom stereocenters. The Bertz CT molecular complexity index is 986. The van der Waals surface area contributed by atoms with Gasteiger partial charge in [0.15, 0.2) is 0 Å². The minimum absolute atomic E-state index is 0.0211. The topological polar surface area (TPSA) is 36.0 Å². The number of benzene rings is 1. The number of nitrogens with zero attached hydrogens (tertiary/aromatic N) is 3. The van der Waals surface area contributed by atoms with Crippen molar-refractivity contribution in [2.75, 3.05) is 44.2 Å². The number of ether oxygens (including phenoxy) is 1. The van der Waals surface area contributed by atoms with E-state index < -0.39 is 30.2 Å². The molecule has 0 bridgehead atoms. The number of anilines is 1. The Balaban J connectivity index is 1.35. The van der Waals surface area contributed by atoms with Crippen molar-refractivity contribution < 1.29 is 40.3 Å². The largest absolute Gasteiger partial charge is 0.434 e. The molecule has 3 saturated heterocycles. The highest BCUT2D eigenvalue weighted by Crippen LogP contribution is 2.43. The fraction of sp³-hybridized carbons (Fsp3) is 0.720. The van der Waals surface area contributed by atoms with Crippen LogP contribution in [0.15, 0.2) is 18.2 Å². The normalized spacial score (nSPS) is 22.4. The van der Waals surface area contributed by atoms with Gasteiger partial charge in [-0.2, -0.15) is 26.3 Å². The SMILES string of the molecule is CC1(F)CCN(c2c(Cl)cccc2CN2CCC3(CCN(C(=O)OC(C(F)(F)F)C(F)(F)F)CC3)C2)CC1. The number of piperidine rings is 2. The maximum atomic E-state index is 14.3. The summed E-state index contributed by atoms with van der Waals surface area (Å²) in [4.78, 5) is 17.4. The maximum absolute atomic E-state index is 14.3. The third-order valence-electron chi connectivity index (χ3n) is 8.00. The van der Waals surface area contributed by atoms with Gasteiger partial charge >= 0.3 is 18.4 Å². The van der Waals surface area contributed by atoms with Crippen LogP contribution in [0, 0.1) is 5.41 Å². The smallest absolute Gasteiger partial charge is 0.426 e. The zero-order valence-corrected chi connectivity index (χ0v) is 21.7. The van der Waals surface area contributed by atoms with Crippen LogP contribution in [0.1, 0.15) is 44.6 Å². The highest BCUT2D eigenvalue weighted by Gasteiger charge is 2.60. The van der Waals surface area contributed by atoms with Crippen molar-refractivity contribution in [2.24, 2.45) is 5.41 Å². The molecule has 3 heterocycles. The second-order valence-electron chi connectivity index (χ2n) is 10.9. The van der Waals surface area contributed by atoms with Crippen LogP contribution >= 0.6 is 11.6 Å². The average molecular weight is 574 g/mol. The summed E-state index contributed by atoms with van der Waals surface area (Å²) < 4.78 is 94.8. The summed E-state index contributed by atoms with van der Waals surface area (Å²) in [7, 11) is 0. The van der Waals surface area contributed by atoms with Crippen LogP contribution in [-0.4, -0.2) is 79.3 Å². The predicted molar refractivity (Wildman–Crippen MR) is 128 cm³/mol. The Morgan fingerprint density at radius 2 is 1.55 bits per heavy atom. The summed E-state index contributed by atoms with van der Waals surface area (Å²) >= 11 is 6.56. The molecule has 0 saturated carbocycles. The fourth-order valence-corrected chi connectivity index (χ4v) is 6.02. The molecule has 3 aliphatic heterocycles. The molecular formula is C25H31ClF7N3O2. The molecule has 3 fully saturated rings. The summed E-state index contributed by atoms with van der Waals surface area (Å²) in [5.74, 6) is 0. The molecule has 1 amide bonds. The number of hydrogen-bond acceptors (Lipinski definition) is 4. The van der Waals surface area contributed by atoms with E-state index in [0.29, 0.717) is 56.9 Å². The number of hydrogen-bond donors (Lipinski definition) is 0. The first kappa shape index (κ1) is 29.0. The maximum Gasteiger partial charge on any atom is 0.434 e. The van der Waals surface area contributed by atoms with E-state index in [1.807, 2.05) is 18.2 Å². The lowest BCUT2D eigenvalue weighted by Gasteiger charge is -2.39. The van der Waals surface area contributed by atoms with Crippen molar-refractivity contribution >= 4 is 23.4 Å². The molecule has 4 rings (SSSR count). The summed E-state index contributed by atoms with van der Waals surface area (Å²) in [5.41, 5.74) is 0.529. The van der Waals surface area contributed by atoms with Crippen LogP contribution in [0.25, 0.3) is 0 Å². The van der Waals surface area contributed by atoms with E-state index in [9.17, 15) is 35.5 Å². The quantitative estimate of drug-likeness (QED) is 0.381. The Hall–Kier alpha value is -1.95. The van der Waals surface area contributed by atoms with Crippen molar-refractivity contribution in [1.29, 1.82) is 0 Å². The second-order valence-corrected chi connectivity index (χ2v) is 11.3. The number of carbonyl (C=O) groups excluding carboxylic acids is 1. The summed E-state index contributed by atoms with van der Waals surface area (Å²) in [6.07, 6.45) is -14.7. The molecule has 0 aliphatic carbocycles. The first-order valence-corrected chi connectivity index (χ1v) is 13.0. The molecular weight excluding hydrogens is 543 g/mol. The van der Waals surface area contributed by atoms with E-state index in [-0.39, 0.29) is 18.5 Å². The first-order valence-electron chi connectivity index (χ1n) is 12.6. The Morgan fingerprint density at radius 1 is 0.974 bits per heavy atom. The third-order valence-corrected chi connectivity index (χ3v) is 8.30. The van der Waals surface area contributed by atoms with E-state index >= 15 is 0 Å². The second kappa shape index (κ2) is 10.6. The van der Waals surface area contributed by atoms with E-state index in [0.717, 1.165) is 29.1 Å². The number of rotatable bonds is 4. The van der Waals surface area contributed by atoms with Crippen LogP contribution in [0.2, 0.25) is 5.02 Å². The lowest BCUT2D eigenvalue weighted by Crippen LogP contribution is -2.50. The van der Waals surface area contributed by atoms with Crippen LogP contribution in [0.5, 0.6) is 0 Å².